The second-order valence-corrected chi connectivity index (χ2v) is 11.6. The van der Waals surface area contributed by atoms with Crippen molar-refractivity contribution in [3.8, 4) is 5.75 Å². The molecule has 1 atom stereocenters. The minimum atomic E-state index is -0.695. The summed E-state index contributed by atoms with van der Waals surface area (Å²) < 4.78 is 16.8. The summed E-state index contributed by atoms with van der Waals surface area (Å²) in [6.07, 6.45) is 6.95. The van der Waals surface area contributed by atoms with Crippen LogP contribution in [0.1, 0.15) is 42.0 Å². The number of carbonyl (C=O) groups excluding carboxylic acids is 2. The zero-order chi connectivity index (χ0) is 31.6. The van der Waals surface area contributed by atoms with Crippen LogP contribution < -0.4 is 9.64 Å². The molecule has 2 amide bonds. The molecule has 9 nitrogen and oxygen atoms in total. The maximum absolute atomic E-state index is 12.9. The summed E-state index contributed by atoms with van der Waals surface area (Å²) >= 11 is 0. The van der Waals surface area contributed by atoms with Crippen molar-refractivity contribution < 1.29 is 23.5 Å². The topological polar surface area (TPSA) is 88.3 Å². The number of para-hydroxylation sites is 1. The van der Waals surface area contributed by atoms with Crippen molar-refractivity contribution in [1.29, 1.82) is 0 Å². The molecule has 2 fully saturated rings. The van der Waals surface area contributed by atoms with E-state index in [-0.39, 0.29) is 5.91 Å². The fraction of sp³-hybridized carbons (Fsp3) is 0.324. The van der Waals surface area contributed by atoms with Crippen LogP contribution in [-0.4, -0.2) is 72.2 Å². The second kappa shape index (κ2) is 15.4. The highest BCUT2D eigenvalue weighted by Gasteiger charge is 2.39. The van der Waals surface area contributed by atoms with Crippen molar-refractivity contribution in [2.45, 2.75) is 38.4 Å². The van der Waals surface area contributed by atoms with Gasteiger partial charge in [0.15, 0.2) is 6.10 Å². The van der Waals surface area contributed by atoms with Gasteiger partial charge in [0, 0.05) is 44.5 Å². The third kappa shape index (κ3) is 8.43. The van der Waals surface area contributed by atoms with Crippen LogP contribution in [0.2, 0.25) is 0 Å². The number of aryl methyl sites for hydroxylation is 1. The smallest absolute Gasteiger partial charge is 0.417 e. The summed E-state index contributed by atoms with van der Waals surface area (Å²) in [5.41, 5.74) is 4.17. The number of benzene rings is 3. The SMILES string of the molecule is O=C1OC(CCCc2ccc(OCc3coc(/C=C/c4ccccc4)n3)cc2)C(=O)N1CCCN1CCN(c2ccccc2)CC1. The lowest BCUT2D eigenvalue weighted by atomic mass is 10.1. The summed E-state index contributed by atoms with van der Waals surface area (Å²) in [5.74, 6) is 1.05. The standard InChI is InChI=1S/C37H40N4O5/c42-36-34(46-37(43)41(36)22-8-21-39-23-25-40(26-24-39)32-12-5-2-6-13-32)14-7-11-30-15-18-33(19-16-30)44-27-31-28-45-35(38-31)20-17-29-9-3-1-4-10-29/h1-6,9-10,12-13,15-20,28,34H,7-8,11,14,21-27H2/b20-17+. The van der Waals surface area contributed by atoms with E-state index in [1.165, 1.54) is 10.6 Å². The first-order valence-electron chi connectivity index (χ1n) is 16.0. The molecule has 2 saturated heterocycles. The zero-order valence-corrected chi connectivity index (χ0v) is 26.0. The van der Waals surface area contributed by atoms with E-state index in [0.29, 0.717) is 31.2 Å². The van der Waals surface area contributed by atoms with Crippen LogP contribution in [0.5, 0.6) is 5.75 Å². The molecule has 1 unspecified atom stereocenters. The van der Waals surface area contributed by atoms with E-state index >= 15 is 0 Å². The van der Waals surface area contributed by atoms with Crippen LogP contribution in [-0.2, 0) is 22.6 Å². The highest BCUT2D eigenvalue weighted by atomic mass is 16.6. The predicted octanol–water partition coefficient (Wildman–Crippen LogP) is 6.31. The lowest BCUT2D eigenvalue weighted by molar-refractivity contribution is -0.130. The molecular formula is C37H40N4O5. The third-order valence-corrected chi connectivity index (χ3v) is 8.38. The molecule has 2 aliphatic heterocycles. The number of rotatable bonds is 14. The van der Waals surface area contributed by atoms with Gasteiger partial charge in [0.05, 0.1) is 0 Å². The van der Waals surface area contributed by atoms with E-state index < -0.39 is 12.2 Å². The molecule has 0 spiro atoms. The van der Waals surface area contributed by atoms with E-state index in [1.807, 2.05) is 72.8 Å². The molecule has 2 aliphatic rings. The van der Waals surface area contributed by atoms with Gasteiger partial charge < -0.3 is 18.8 Å². The number of amides is 2. The van der Waals surface area contributed by atoms with Gasteiger partial charge >= 0.3 is 6.09 Å². The fourth-order valence-corrected chi connectivity index (χ4v) is 5.80. The van der Waals surface area contributed by atoms with Gasteiger partial charge in [0.25, 0.3) is 5.91 Å². The second-order valence-electron chi connectivity index (χ2n) is 11.6. The Labute approximate surface area is 270 Å². The maximum Gasteiger partial charge on any atom is 0.417 e. The number of imide groups is 1. The highest BCUT2D eigenvalue weighted by Crippen LogP contribution is 2.21. The summed E-state index contributed by atoms with van der Waals surface area (Å²) in [7, 11) is 0. The van der Waals surface area contributed by atoms with Gasteiger partial charge in [0.1, 0.15) is 24.3 Å². The number of cyclic esters (lactones) is 1. The van der Waals surface area contributed by atoms with Gasteiger partial charge in [0.2, 0.25) is 5.89 Å². The van der Waals surface area contributed by atoms with Gasteiger partial charge in [-0.25, -0.2) is 14.7 Å². The number of hydrogen-bond donors (Lipinski definition) is 0. The maximum atomic E-state index is 12.9. The predicted molar refractivity (Wildman–Crippen MR) is 177 cm³/mol. The first-order valence-corrected chi connectivity index (χ1v) is 16.0. The van der Waals surface area contributed by atoms with Crippen molar-refractivity contribution in [2.75, 3.05) is 44.2 Å². The van der Waals surface area contributed by atoms with Crippen molar-refractivity contribution in [1.82, 2.24) is 14.8 Å². The van der Waals surface area contributed by atoms with Crippen molar-refractivity contribution in [2.24, 2.45) is 0 Å². The van der Waals surface area contributed by atoms with Gasteiger partial charge in [-0.3, -0.25) is 9.69 Å². The monoisotopic (exact) mass is 620 g/mol. The number of anilines is 1. The molecule has 0 bridgehead atoms. The molecule has 46 heavy (non-hydrogen) atoms. The van der Waals surface area contributed by atoms with E-state index in [9.17, 15) is 9.59 Å². The summed E-state index contributed by atoms with van der Waals surface area (Å²) in [6.45, 7) is 5.45. The molecule has 0 aliphatic carbocycles. The van der Waals surface area contributed by atoms with Gasteiger partial charge in [-0.15, -0.1) is 0 Å². The summed E-state index contributed by atoms with van der Waals surface area (Å²) in [5, 5.41) is 0. The summed E-state index contributed by atoms with van der Waals surface area (Å²) in [6, 6.07) is 28.3. The van der Waals surface area contributed by atoms with Crippen LogP contribution >= 0.6 is 0 Å². The summed E-state index contributed by atoms with van der Waals surface area (Å²) in [4.78, 5) is 35.9. The Kier molecular flexibility index (Phi) is 10.4. The van der Waals surface area contributed by atoms with Gasteiger partial charge in [-0.05, 0) is 73.7 Å². The third-order valence-electron chi connectivity index (χ3n) is 8.38. The van der Waals surface area contributed by atoms with Gasteiger partial charge in [-0.1, -0.05) is 60.7 Å². The number of piperazine rings is 1. The Morgan fingerprint density at radius 2 is 1.57 bits per heavy atom. The molecule has 0 saturated carbocycles. The quantitative estimate of drug-likeness (QED) is 0.162. The molecule has 1 aromatic heterocycles. The number of aromatic nitrogens is 1. The average molecular weight is 621 g/mol. The normalized spacial score (nSPS) is 17.2. The Hall–Kier alpha value is -4.89. The van der Waals surface area contributed by atoms with Crippen molar-refractivity contribution >= 4 is 29.8 Å². The Morgan fingerprint density at radius 1 is 0.826 bits per heavy atom. The van der Waals surface area contributed by atoms with E-state index in [0.717, 1.165) is 68.9 Å². The number of carbonyl (C=O) groups is 2. The van der Waals surface area contributed by atoms with Crippen LogP contribution in [0.25, 0.3) is 12.2 Å². The Bertz CT molecular complexity index is 1580. The van der Waals surface area contributed by atoms with E-state index in [4.69, 9.17) is 13.9 Å². The first-order chi connectivity index (χ1) is 22.6. The largest absolute Gasteiger partial charge is 0.487 e. The highest BCUT2D eigenvalue weighted by molar-refractivity contribution is 6.00. The molecule has 0 N–H and O–H groups in total. The molecular weight excluding hydrogens is 580 g/mol. The Balaban J connectivity index is 0.868. The number of nitrogens with zero attached hydrogens (tertiary/aromatic N) is 4. The molecule has 238 valence electrons. The van der Waals surface area contributed by atoms with Crippen LogP contribution in [0.3, 0.4) is 0 Å². The van der Waals surface area contributed by atoms with E-state index in [2.05, 4.69) is 39.0 Å². The zero-order valence-electron chi connectivity index (χ0n) is 26.0. The van der Waals surface area contributed by atoms with Crippen LogP contribution in [0.15, 0.2) is 95.6 Å². The Morgan fingerprint density at radius 3 is 2.33 bits per heavy atom. The average Bonchev–Trinajstić information content (AvgIpc) is 3.67. The molecule has 6 rings (SSSR count). The number of oxazole rings is 1. The van der Waals surface area contributed by atoms with Crippen LogP contribution in [0, 0.1) is 0 Å². The molecule has 4 aromatic rings. The fourth-order valence-electron chi connectivity index (χ4n) is 5.80. The number of ether oxygens (including phenoxy) is 2. The molecule has 3 aromatic carbocycles. The van der Waals surface area contributed by atoms with E-state index in [1.54, 1.807) is 6.26 Å². The molecule has 0 radical (unpaired) electrons. The molecule has 3 heterocycles. The van der Waals surface area contributed by atoms with Crippen molar-refractivity contribution in [3.05, 3.63) is 114 Å². The van der Waals surface area contributed by atoms with Crippen molar-refractivity contribution in [3.63, 3.8) is 0 Å². The first kappa shape index (κ1) is 31.1. The van der Waals surface area contributed by atoms with Crippen LogP contribution in [0.4, 0.5) is 10.5 Å². The minimum absolute atomic E-state index is 0.214. The van der Waals surface area contributed by atoms with Gasteiger partial charge in [-0.2, -0.15) is 0 Å². The lowest BCUT2D eigenvalue weighted by Crippen LogP contribution is -2.47. The lowest BCUT2D eigenvalue weighted by Gasteiger charge is -2.36. The minimum Gasteiger partial charge on any atom is -0.487 e. The number of hydrogen-bond acceptors (Lipinski definition) is 8. The molecule has 9 heteroatoms.